The van der Waals surface area contributed by atoms with Crippen LogP contribution in [0.25, 0.3) is 5.69 Å². The Morgan fingerprint density at radius 3 is 2.79 bits per heavy atom. The van der Waals surface area contributed by atoms with Gasteiger partial charge in [-0.3, -0.25) is 0 Å². The molecule has 0 aliphatic heterocycles. The number of ether oxygens (including phenoxy) is 1. The first-order valence-corrected chi connectivity index (χ1v) is 6.75. The highest BCUT2D eigenvalue weighted by Gasteiger charge is 2.12. The minimum atomic E-state index is -0.0110. The lowest BCUT2D eigenvalue weighted by atomic mass is 10.1. The molecule has 2 aromatic rings. The molecule has 0 radical (unpaired) electrons. The van der Waals surface area contributed by atoms with Crippen LogP contribution in [0.5, 0.6) is 0 Å². The van der Waals surface area contributed by atoms with Crippen molar-refractivity contribution < 1.29 is 4.74 Å². The van der Waals surface area contributed by atoms with E-state index in [1.807, 2.05) is 48.0 Å². The summed E-state index contributed by atoms with van der Waals surface area (Å²) in [5.41, 5.74) is 8.33. The Labute approximate surface area is 114 Å². The van der Waals surface area contributed by atoms with Crippen LogP contribution in [0.15, 0.2) is 42.6 Å². The summed E-state index contributed by atoms with van der Waals surface area (Å²) in [5.74, 6) is 0. The van der Waals surface area contributed by atoms with Crippen LogP contribution in [-0.2, 0) is 4.74 Å². The van der Waals surface area contributed by atoms with E-state index < -0.39 is 0 Å². The number of aromatic nitrogens is 2. The Kier molecular flexibility index (Phi) is 5.12. The van der Waals surface area contributed by atoms with Gasteiger partial charge in [-0.1, -0.05) is 18.2 Å². The largest absolute Gasteiger partial charge is 0.382 e. The molecule has 1 heterocycles. The minimum absolute atomic E-state index is 0.0110. The van der Waals surface area contributed by atoms with Crippen molar-refractivity contribution in [3.8, 4) is 5.69 Å². The molecule has 1 unspecified atom stereocenters. The maximum atomic E-state index is 6.24. The second-order valence-electron chi connectivity index (χ2n) is 4.45. The van der Waals surface area contributed by atoms with Gasteiger partial charge in [-0.05, 0) is 38.0 Å². The maximum Gasteiger partial charge on any atom is 0.0649 e. The van der Waals surface area contributed by atoms with Gasteiger partial charge in [0.1, 0.15) is 0 Å². The molecule has 0 aliphatic carbocycles. The highest BCUT2D eigenvalue weighted by Crippen LogP contribution is 2.19. The molecule has 0 aliphatic rings. The van der Waals surface area contributed by atoms with E-state index in [2.05, 4.69) is 5.10 Å². The third kappa shape index (κ3) is 3.66. The Bertz CT molecular complexity index is 481. The van der Waals surface area contributed by atoms with Gasteiger partial charge in [-0.2, -0.15) is 5.10 Å². The molecule has 0 amide bonds. The van der Waals surface area contributed by atoms with E-state index in [-0.39, 0.29) is 6.04 Å². The topological polar surface area (TPSA) is 53.1 Å². The summed E-state index contributed by atoms with van der Waals surface area (Å²) in [4.78, 5) is 0. The third-order valence-corrected chi connectivity index (χ3v) is 3.06. The molecule has 19 heavy (non-hydrogen) atoms. The van der Waals surface area contributed by atoms with Crippen LogP contribution in [0.2, 0.25) is 0 Å². The number of hydrogen-bond donors (Lipinski definition) is 1. The lowest BCUT2D eigenvalue weighted by molar-refractivity contribution is 0.142. The zero-order valence-electron chi connectivity index (χ0n) is 11.3. The van der Waals surface area contributed by atoms with Crippen molar-refractivity contribution in [2.24, 2.45) is 5.73 Å². The first-order chi connectivity index (χ1) is 9.33. The van der Waals surface area contributed by atoms with E-state index in [1.165, 1.54) is 0 Å². The van der Waals surface area contributed by atoms with Gasteiger partial charge in [0.15, 0.2) is 0 Å². The number of nitrogens with zero attached hydrogens (tertiary/aromatic N) is 2. The maximum absolute atomic E-state index is 6.24. The second kappa shape index (κ2) is 7.07. The molecule has 0 saturated carbocycles. The highest BCUT2D eigenvalue weighted by molar-refractivity contribution is 5.33. The van der Waals surface area contributed by atoms with Crippen molar-refractivity contribution in [1.82, 2.24) is 9.78 Å². The van der Waals surface area contributed by atoms with Crippen molar-refractivity contribution in [1.29, 1.82) is 0 Å². The zero-order valence-corrected chi connectivity index (χ0v) is 11.3. The predicted octanol–water partition coefficient (Wildman–Crippen LogP) is 2.69. The van der Waals surface area contributed by atoms with E-state index >= 15 is 0 Å². The fourth-order valence-electron chi connectivity index (χ4n) is 2.08. The fourth-order valence-corrected chi connectivity index (χ4v) is 2.08. The number of para-hydroxylation sites is 1. The zero-order chi connectivity index (χ0) is 13.5. The van der Waals surface area contributed by atoms with Crippen LogP contribution in [-0.4, -0.2) is 23.0 Å². The van der Waals surface area contributed by atoms with Crippen molar-refractivity contribution in [2.75, 3.05) is 13.2 Å². The van der Waals surface area contributed by atoms with Gasteiger partial charge in [-0.25, -0.2) is 4.68 Å². The summed E-state index contributed by atoms with van der Waals surface area (Å²) < 4.78 is 7.25. The average molecular weight is 259 g/mol. The van der Waals surface area contributed by atoms with Gasteiger partial charge < -0.3 is 10.5 Å². The van der Waals surface area contributed by atoms with E-state index in [0.717, 1.165) is 37.4 Å². The molecular weight excluding hydrogens is 238 g/mol. The van der Waals surface area contributed by atoms with Crippen molar-refractivity contribution >= 4 is 0 Å². The second-order valence-corrected chi connectivity index (χ2v) is 4.45. The molecule has 1 aromatic carbocycles. The fraction of sp³-hybridized carbons (Fsp3) is 0.400. The van der Waals surface area contributed by atoms with Crippen LogP contribution >= 0.6 is 0 Å². The molecule has 4 nitrogen and oxygen atoms in total. The number of benzene rings is 1. The average Bonchev–Trinajstić information content (AvgIpc) is 2.94. The molecule has 0 fully saturated rings. The Morgan fingerprint density at radius 1 is 1.26 bits per heavy atom. The molecule has 0 saturated heterocycles. The summed E-state index contributed by atoms with van der Waals surface area (Å²) in [7, 11) is 0. The number of rotatable bonds is 7. The quantitative estimate of drug-likeness (QED) is 0.778. The summed E-state index contributed by atoms with van der Waals surface area (Å²) in [6.45, 7) is 3.53. The summed E-state index contributed by atoms with van der Waals surface area (Å²) in [5, 5.41) is 4.36. The van der Waals surface area contributed by atoms with Crippen LogP contribution in [0, 0.1) is 0 Å². The summed E-state index contributed by atoms with van der Waals surface area (Å²) in [6, 6.07) is 12.0. The first kappa shape index (κ1) is 13.8. The summed E-state index contributed by atoms with van der Waals surface area (Å²) >= 11 is 0. The molecule has 1 atom stereocenters. The Hall–Kier alpha value is -1.65. The normalized spacial score (nSPS) is 12.5. The van der Waals surface area contributed by atoms with Crippen molar-refractivity contribution in [2.45, 2.75) is 25.8 Å². The van der Waals surface area contributed by atoms with E-state index in [4.69, 9.17) is 10.5 Å². The summed E-state index contributed by atoms with van der Waals surface area (Å²) in [6.07, 6.45) is 3.66. The van der Waals surface area contributed by atoms with Gasteiger partial charge in [0.25, 0.3) is 0 Å². The van der Waals surface area contributed by atoms with Gasteiger partial charge in [0.05, 0.1) is 11.4 Å². The Morgan fingerprint density at radius 2 is 2.05 bits per heavy atom. The smallest absolute Gasteiger partial charge is 0.0649 e. The molecule has 0 spiro atoms. The SMILES string of the molecule is CCOCCCC(N)c1ccnn1-c1ccccc1. The van der Waals surface area contributed by atoms with E-state index in [1.54, 1.807) is 6.20 Å². The van der Waals surface area contributed by atoms with Gasteiger partial charge in [0.2, 0.25) is 0 Å². The molecule has 1 aromatic heterocycles. The van der Waals surface area contributed by atoms with Crippen LogP contribution in [0.1, 0.15) is 31.5 Å². The van der Waals surface area contributed by atoms with Gasteiger partial charge >= 0.3 is 0 Å². The third-order valence-electron chi connectivity index (χ3n) is 3.06. The number of nitrogens with two attached hydrogens (primary N) is 1. The van der Waals surface area contributed by atoms with E-state index in [9.17, 15) is 0 Å². The molecule has 2 rings (SSSR count). The highest BCUT2D eigenvalue weighted by atomic mass is 16.5. The van der Waals surface area contributed by atoms with Crippen LogP contribution < -0.4 is 5.73 Å². The lowest BCUT2D eigenvalue weighted by Crippen LogP contribution is -2.16. The van der Waals surface area contributed by atoms with Crippen LogP contribution in [0.4, 0.5) is 0 Å². The van der Waals surface area contributed by atoms with Crippen LogP contribution in [0.3, 0.4) is 0 Å². The monoisotopic (exact) mass is 259 g/mol. The minimum Gasteiger partial charge on any atom is -0.382 e. The Balaban J connectivity index is 2.03. The molecule has 4 heteroatoms. The predicted molar refractivity (Wildman–Crippen MR) is 76.2 cm³/mol. The van der Waals surface area contributed by atoms with Gasteiger partial charge in [-0.15, -0.1) is 0 Å². The first-order valence-electron chi connectivity index (χ1n) is 6.75. The van der Waals surface area contributed by atoms with Crippen molar-refractivity contribution in [3.05, 3.63) is 48.3 Å². The molecule has 2 N–H and O–H groups in total. The lowest BCUT2D eigenvalue weighted by Gasteiger charge is -2.14. The van der Waals surface area contributed by atoms with E-state index in [0.29, 0.717) is 0 Å². The molecular formula is C15H21N3O. The van der Waals surface area contributed by atoms with Crippen molar-refractivity contribution in [3.63, 3.8) is 0 Å². The number of hydrogen-bond acceptors (Lipinski definition) is 3. The van der Waals surface area contributed by atoms with Gasteiger partial charge in [0, 0.05) is 25.5 Å². The molecule has 102 valence electrons. The standard InChI is InChI=1S/C15H21N3O/c1-2-19-12-6-9-14(16)15-10-11-17-18(15)13-7-4-3-5-8-13/h3-5,7-8,10-11,14H,2,6,9,12,16H2,1H3. The molecule has 0 bridgehead atoms.